The van der Waals surface area contributed by atoms with Gasteiger partial charge in [-0.25, -0.2) is 0 Å². The number of hydrogen-bond acceptors (Lipinski definition) is 5. The smallest absolute Gasteiger partial charge is 0.198 e. The van der Waals surface area contributed by atoms with Crippen LogP contribution in [-0.4, -0.2) is 41.2 Å². The van der Waals surface area contributed by atoms with Gasteiger partial charge in [-0.1, -0.05) is 12.2 Å². The molecule has 0 N–H and O–H groups in total. The van der Waals surface area contributed by atoms with Crippen molar-refractivity contribution in [1.82, 2.24) is 9.97 Å². The van der Waals surface area contributed by atoms with Gasteiger partial charge in [0.05, 0.1) is 0 Å². The van der Waals surface area contributed by atoms with Gasteiger partial charge in [0.1, 0.15) is 12.2 Å². The molecule has 0 fully saturated rings. The maximum atomic E-state index is 12.9. The first-order chi connectivity index (χ1) is 12.7. The highest BCUT2D eigenvalue weighted by Crippen LogP contribution is 2.11. The summed E-state index contributed by atoms with van der Waals surface area (Å²) >= 11 is 0. The van der Waals surface area contributed by atoms with Gasteiger partial charge in [-0.05, 0) is 61.4 Å². The maximum absolute atomic E-state index is 12.9. The van der Waals surface area contributed by atoms with Crippen molar-refractivity contribution in [3.63, 3.8) is 0 Å². The number of ketones is 1. The van der Waals surface area contributed by atoms with Crippen LogP contribution in [0.5, 0.6) is 0 Å². The average Bonchev–Trinajstić information content (AvgIpc) is 2.69. The highest BCUT2D eigenvalue weighted by Gasteiger charge is 2.24. The van der Waals surface area contributed by atoms with Crippen LogP contribution in [0.15, 0.2) is 61.2 Å². The van der Waals surface area contributed by atoms with Crippen molar-refractivity contribution < 1.29 is 14.3 Å². The van der Waals surface area contributed by atoms with Gasteiger partial charge in [-0.3, -0.25) is 14.8 Å². The van der Waals surface area contributed by atoms with E-state index in [1.807, 2.05) is 50.3 Å². The molecule has 2 heterocycles. The Hall–Kier alpha value is -2.63. The second-order valence-electron chi connectivity index (χ2n) is 5.43. The highest BCUT2D eigenvalue weighted by molar-refractivity contribution is 5.92. The van der Waals surface area contributed by atoms with E-state index in [1.165, 1.54) is 0 Å². The van der Waals surface area contributed by atoms with Crippen LogP contribution in [0.3, 0.4) is 0 Å². The molecule has 2 aromatic rings. The Morgan fingerprint density at radius 1 is 0.846 bits per heavy atom. The normalized spacial score (nSPS) is 13.9. The Balaban J connectivity index is 2.14. The van der Waals surface area contributed by atoms with Gasteiger partial charge in [0.25, 0.3) is 0 Å². The minimum atomic E-state index is -0.674. The number of carbonyl (C=O) groups is 1. The zero-order valence-electron chi connectivity index (χ0n) is 15.1. The number of nitrogens with zero attached hydrogens (tertiary/aromatic N) is 2. The fourth-order valence-corrected chi connectivity index (χ4v) is 2.33. The molecule has 0 aliphatic rings. The first kappa shape index (κ1) is 19.7. The zero-order valence-corrected chi connectivity index (χ0v) is 15.1. The summed E-state index contributed by atoms with van der Waals surface area (Å²) < 4.78 is 11.3. The maximum Gasteiger partial charge on any atom is 0.198 e. The van der Waals surface area contributed by atoms with Crippen LogP contribution in [-0.2, 0) is 14.3 Å². The molecule has 0 aromatic carbocycles. The molecule has 2 atom stereocenters. The van der Waals surface area contributed by atoms with E-state index < -0.39 is 12.2 Å². The zero-order chi connectivity index (χ0) is 18.6. The SMILES string of the molecule is CCOC(C=Cc1ccncc1)C(=O)C(C=Cc1ccncc1)OCC. The number of hydrogen-bond donors (Lipinski definition) is 0. The third-order valence-corrected chi connectivity index (χ3v) is 3.59. The Morgan fingerprint density at radius 2 is 1.23 bits per heavy atom. The van der Waals surface area contributed by atoms with Crippen LogP contribution in [0, 0.1) is 0 Å². The van der Waals surface area contributed by atoms with E-state index in [-0.39, 0.29) is 5.78 Å². The highest BCUT2D eigenvalue weighted by atomic mass is 16.5. The van der Waals surface area contributed by atoms with Crippen LogP contribution in [0.25, 0.3) is 12.2 Å². The minimum Gasteiger partial charge on any atom is -0.366 e. The van der Waals surface area contributed by atoms with Crippen molar-refractivity contribution >= 4 is 17.9 Å². The van der Waals surface area contributed by atoms with Crippen LogP contribution in [0.2, 0.25) is 0 Å². The number of ether oxygens (including phenoxy) is 2. The van der Waals surface area contributed by atoms with Crippen molar-refractivity contribution in [2.45, 2.75) is 26.1 Å². The Morgan fingerprint density at radius 3 is 1.58 bits per heavy atom. The summed E-state index contributed by atoms with van der Waals surface area (Å²) in [5.74, 6) is -0.135. The third-order valence-electron chi connectivity index (χ3n) is 3.59. The molecule has 0 bridgehead atoms. The van der Waals surface area contributed by atoms with E-state index in [4.69, 9.17) is 9.47 Å². The molecular weight excluding hydrogens is 328 g/mol. The molecule has 0 saturated carbocycles. The van der Waals surface area contributed by atoms with Crippen molar-refractivity contribution in [3.8, 4) is 0 Å². The van der Waals surface area contributed by atoms with E-state index in [0.717, 1.165) is 11.1 Å². The largest absolute Gasteiger partial charge is 0.366 e. The molecule has 5 heteroatoms. The van der Waals surface area contributed by atoms with Crippen molar-refractivity contribution in [2.75, 3.05) is 13.2 Å². The van der Waals surface area contributed by atoms with Crippen molar-refractivity contribution in [3.05, 3.63) is 72.3 Å². The predicted octanol–water partition coefficient (Wildman–Crippen LogP) is 3.58. The summed E-state index contributed by atoms with van der Waals surface area (Å²) in [4.78, 5) is 20.9. The molecule has 0 aliphatic heterocycles. The molecular formula is C21H24N2O3. The summed E-state index contributed by atoms with van der Waals surface area (Å²) in [6, 6.07) is 7.47. The average molecular weight is 352 g/mol. The van der Waals surface area contributed by atoms with Crippen molar-refractivity contribution in [1.29, 1.82) is 0 Å². The summed E-state index contributed by atoms with van der Waals surface area (Å²) in [6.45, 7) is 4.60. The Bertz CT molecular complexity index is 653. The van der Waals surface area contributed by atoms with E-state index >= 15 is 0 Å². The molecule has 2 unspecified atom stereocenters. The molecule has 0 aliphatic carbocycles. The molecule has 0 saturated heterocycles. The van der Waals surface area contributed by atoms with Gasteiger partial charge >= 0.3 is 0 Å². The van der Waals surface area contributed by atoms with Gasteiger partial charge in [-0.2, -0.15) is 0 Å². The van der Waals surface area contributed by atoms with Gasteiger partial charge in [0, 0.05) is 38.0 Å². The van der Waals surface area contributed by atoms with E-state index in [9.17, 15) is 4.79 Å². The molecule has 0 spiro atoms. The van der Waals surface area contributed by atoms with Crippen LogP contribution in [0.4, 0.5) is 0 Å². The third kappa shape index (κ3) is 6.35. The molecule has 26 heavy (non-hydrogen) atoms. The second kappa shape index (κ2) is 11.1. The van der Waals surface area contributed by atoms with Crippen LogP contribution in [0.1, 0.15) is 25.0 Å². The summed E-state index contributed by atoms with van der Waals surface area (Å²) in [5.41, 5.74) is 1.91. The van der Waals surface area contributed by atoms with Gasteiger partial charge < -0.3 is 9.47 Å². The topological polar surface area (TPSA) is 61.3 Å². The number of carbonyl (C=O) groups excluding carboxylic acids is 1. The summed E-state index contributed by atoms with van der Waals surface area (Å²) in [6.07, 6.45) is 12.7. The Kier molecular flexibility index (Phi) is 8.39. The van der Waals surface area contributed by atoms with Crippen LogP contribution >= 0.6 is 0 Å². The molecule has 2 aromatic heterocycles. The summed E-state index contributed by atoms with van der Waals surface area (Å²) in [7, 11) is 0. The fourth-order valence-electron chi connectivity index (χ4n) is 2.33. The number of aromatic nitrogens is 2. The quantitative estimate of drug-likeness (QED) is 0.654. The first-order valence-electron chi connectivity index (χ1n) is 8.68. The molecule has 136 valence electrons. The summed E-state index contributed by atoms with van der Waals surface area (Å²) in [5, 5.41) is 0. The van der Waals surface area contributed by atoms with Gasteiger partial charge in [-0.15, -0.1) is 0 Å². The first-order valence-corrected chi connectivity index (χ1v) is 8.68. The van der Waals surface area contributed by atoms with E-state index in [2.05, 4.69) is 9.97 Å². The second-order valence-corrected chi connectivity index (χ2v) is 5.43. The monoisotopic (exact) mass is 352 g/mol. The van der Waals surface area contributed by atoms with Gasteiger partial charge in [0.2, 0.25) is 0 Å². The molecule has 5 nitrogen and oxygen atoms in total. The van der Waals surface area contributed by atoms with Crippen LogP contribution < -0.4 is 0 Å². The standard InChI is InChI=1S/C21H24N2O3/c1-3-25-19(7-5-17-9-13-22-14-10-17)21(24)20(26-4-2)8-6-18-11-15-23-16-12-18/h5-16,19-20H,3-4H2,1-2H3. The van der Waals surface area contributed by atoms with Crippen molar-refractivity contribution in [2.24, 2.45) is 0 Å². The van der Waals surface area contributed by atoms with Gasteiger partial charge in [0.15, 0.2) is 5.78 Å². The number of Topliss-reactive ketones (excluding diaryl/α,β-unsaturated/α-hetero) is 1. The molecule has 2 rings (SSSR count). The fraction of sp³-hybridized carbons (Fsp3) is 0.286. The molecule has 0 amide bonds. The predicted molar refractivity (Wildman–Crippen MR) is 102 cm³/mol. The lowest BCUT2D eigenvalue weighted by molar-refractivity contribution is -0.136. The Labute approximate surface area is 154 Å². The van der Waals surface area contributed by atoms with E-state index in [0.29, 0.717) is 13.2 Å². The lowest BCUT2D eigenvalue weighted by Gasteiger charge is -2.18. The molecule has 0 radical (unpaired) electrons. The van der Waals surface area contributed by atoms with E-state index in [1.54, 1.807) is 36.9 Å². The number of rotatable bonds is 10. The lowest BCUT2D eigenvalue weighted by atomic mass is 10.1. The minimum absolute atomic E-state index is 0.135. The lowest BCUT2D eigenvalue weighted by Crippen LogP contribution is -2.33. The number of pyridine rings is 2.